The molecule has 1 aliphatic carbocycles. The zero-order valence-electron chi connectivity index (χ0n) is 11.3. The van der Waals surface area contributed by atoms with E-state index in [0.29, 0.717) is 10.0 Å². The molecule has 0 radical (unpaired) electrons. The van der Waals surface area contributed by atoms with Gasteiger partial charge in [0.2, 0.25) is 0 Å². The number of rotatable bonds is 4. The minimum absolute atomic E-state index is 0.413. The van der Waals surface area contributed by atoms with Gasteiger partial charge in [0.15, 0.2) is 0 Å². The predicted octanol–water partition coefficient (Wildman–Crippen LogP) is 4.21. The number of hydrogen-bond donors (Lipinski definition) is 2. The van der Waals surface area contributed by atoms with Gasteiger partial charge in [0, 0.05) is 22.8 Å². The highest BCUT2D eigenvalue weighted by molar-refractivity contribution is 7.80. The van der Waals surface area contributed by atoms with Gasteiger partial charge in [-0.05, 0) is 42.9 Å². The summed E-state index contributed by atoms with van der Waals surface area (Å²) >= 11 is 11.1. The summed E-state index contributed by atoms with van der Waals surface area (Å²) in [4.78, 5) is 0.413. The third kappa shape index (κ3) is 4.08. The lowest BCUT2D eigenvalue weighted by Crippen LogP contribution is -2.22. The number of anilines is 1. The molecule has 3 N–H and O–H groups in total. The molecule has 0 saturated heterocycles. The summed E-state index contributed by atoms with van der Waals surface area (Å²) in [6.07, 6.45) is 5.31. The monoisotopic (exact) mass is 296 g/mol. The van der Waals surface area contributed by atoms with Crippen LogP contribution in [0.3, 0.4) is 0 Å². The fourth-order valence-electron chi connectivity index (χ4n) is 2.88. The highest BCUT2D eigenvalue weighted by Gasteiger charge is 2.19. The van der Waals surface area contributed by atoms with Crippen molar-refractivity contribution in [3.8, 4) is 0 Å². The molecule has 1 aromatic rings. The summed E-state index contributed by atoms with van der Waals surface area (Å²) in [5, 5.41) is 4.18. The van der Waals surface area contributed by atoms with Crippen molar-refractivity contribution in [2.45, 2.75) is 32.6 Å². The maximum atomic E-state index is 6.04. The highest BCUT2D eigenvalue weighted by atomic mass is 35.5. The average Bonchev–Trinajstić information content (AvgIpc) is 2.36. The SMILES string of the molecule is CC1CCCC(CNc2cc(Cl)ccc2C(N)=S)C1. The van der Waals surface area contributed by atoms with Crippen molar-refractivity contribution in [3.05, 3.63) is 28.8 Å². The van der Waals surface area contributed by atoms with Crippen LogP contribution in [0.1, 0.15) is 38.2 Å². The van der Waals surface area contributed by atoms with Gasteiger partial charge < -0.3 is 11.1 Å². The summed E-state index contributed by atoms with van der Waals surface area (Å²) in [6.45, 7) is 3.31. The third-order valence-corrected chi connectivity index (χ3v) is 4.33. The molecule has 0 amide bonds. The van der Waals surface area contributed by atoms with Crippen LogP contribution in [0.2, 0.25) is 5.02 Å². The average molecular weight is 297 g/mol. The Hall–Kier alpha value is -0.800. The normalized spacial score (nSPS) is 23.1. The molecular weight excluding hydrogens is 276 g/mol. The topological polar surface area (TPSA) is 38.0 Å². The van der Waals surface area contributed by atoms with E-state index < -0.39 is 0 Å². The van der Waals surface area contributed by atoms with Gasteiger partial charge in [-0.15, -0.1) is 0 Å². The van der Waals surface area contributed by atoms with Crippen molar-refractivity contribution >= 4 is 34.5 Å². The van der Waals surface area contributed by atoms with Gasteiger partial charge in [-0.2, -0.15) is 0 Å². The molecule has 2 unspecified atom stereocenters. The van der Waals surface area contributed by atoms with Gasteiger partial charge in [-0.25, -0.2) is 0 Å². The Morgan fingerprint density at radius 1 is 1.47 bits per heavy atom. The van der Waals surface area contributed by atoms with Crippen LogP contribution in [0.25, 0.3) is 0 Å². The number of nitrogens with one attached hydrogen (secondary N) is 1. The highest BCUT2D eigenvalue weighted by Crippen LogP contribution is 2.29. The largest absolute Gasteiger partial charge is 0.389 e. The maximum Gasteiger partial charge on any atom is 0.106 e. The summed E-state index contributed by atoms with van der Waals surface area (Å²) < 4.78 is 0. The van der Waals surface area contributed by atoms with Crippen molar-refractivity contribution in [1.29, 1.82) is 0 Å². The van der Waals surface area contributed by atoms with Crippen LogP contribution >= 0.6 is 23.8 Å². The molecule has 2 rings (SSSR count). The van der Waals surface area contributed by atoms with Crippen LogP contribution in [0, 0.1) is 11.8 Å². The van der Waals surface area contributed by atoms with Crippen LogP contribution in [0.5, 0.6) is 0 Å². The zero-order chi connectivity index (χ0) is 13.8. The van der Waals surface area contributed by atoms with E-state index >= 15 is 0 Å². The maximum absolute atomic E-state index is 6.04. The Morgan fingerprint density at radius 3 is 2.95 bits per heavy atom. The predicted molar refractivity (Wildman–Crippen MR) is 87.0 cm³/mol. The molecule has 104 valence electrons. The van der Waals surface area contributed by atoms with Gasteiger partial charge in [0.1, 0.15) is 4.99 Å². The van der Waals surface area contributed by atoms with Gasteiger partial charge in [0.25, 0.3) is 0 Å². The molecule has 1 fully saturated rings. The molecule has 0 aromatic heterocycles. The van der Waals surface area contributed by atoms with Crippen LogP contribution in [-0.2, 0) is 0 Å². The third-order valence-electron chi connectivity index (χ3n) is 3.87. The molecule has 2 atom stereocenters. The summed E-state index contributed by atoms with van der Waals surface area (Å²) in [5.41, 5.74) is 7.58. The standard InChI is InChI=1S/C15H21ClN2S/c1-10-3-2-4-11(7-10)9-18-14-8-12(16)5-6-13(14)15(17)19/h5-6,8,10-11,18H,2-4,7,9H2,1H3,(H2,17,19). The van der Waals surface area contributed by atoms with Gasteiger partial charge in [-0.1, -0.05) is 43.6 Å². The van der Waals surface area contributed by atoms with E-state index in [9.17, 15) is 0 Å². The molecule has 4 heteroatoms. The molecule has 0 spiro atoms. The molecule has 0 heterocycles. The smallest absolute Gasteiger partial charge is 0.106 e. The van der Waals surface area contributed by atoms with Gasteiger partial charge in [-0.3, -0.25) is 0 Å². The lowest BCUT2D eigenvalue weighted by atomic mass is 9.82. The zero-order valence-corrected chi connectivity index (χ0v) is 12.9. The van der Waals surface area contributed by atoms with Crippen molar-refractivity contribution < 1.29 is 0 Å². The van der Waals surface area contributed by atoms with E-state index in [1.165, 1.54) is 25.7 Å². The van der Waals surface area contributed by atoms with Crippen LogP contribution < -0.4 is 11.1 Å². The van der Waals surface area contributed by atoms with Crippen LogP contribution in [0.15, 0.2) is 18.2 Å². The lowest BCUT2D eigenvalue weighted by Gasteiger charge is -2.27. The van der Waals surface area contributed by atoms with Crippen molar-refractivity contribution in [3.63, 3.8) is 0 Å². The molecule has 1 aliphatic rings. The van der Waals surface area contributed by atoms with E-state index in [4.69, 9.17) is 29.6 Å². The first-order chi connectivity index (χ1) is 9.06. The fraction of sp³-hybridized carbons (Fsp3) is 0.533. The van der Waals surface area contributed by atoms with Crippen molar-refractivity contribution in [1.82, 2.24) is 0 Å². The molecule has 1 saturated carbocycles. The number of hydrogen-bond acceptors (Lipinski definition) is 2. The second-order valence-corrected chi connectivity index (χ2v) is 6.45. The minimum Gasteiger partial charge on any atom is -0.389 e. The Kier molecular flexibility index (Phi) is 5.06. The summed E-state index contributed by atoms with van der Waals surface area (Å²) in [7, 11) is 0. The first-order valence-corrected chi connectivity index (χ1v) is 7.68. The number of thiocarbonyl (C=S) groups is 1. The van der Waals surface area contributed by atoms with Gasteiger partial charge in [0.05, 0.1) is 0 Å². The van der Waals surface area contributed by atoms with E-state index in [0.717, 1.165) is 29.6 Å². The van der Waals surface area contributed by atoms with Crippen molar-refractivity contribution in [2.75, 3.05) is 11.9 Å². The van der Waals surface area contributed by atoms with E-state index in [1.54, 1.807) is 0 Å². The van der Waals surface area contributed by atoms with E-state index in [-0.39, 0.29) is 0 Å². The fourth-order valence-corrected chi connectivity index (χ4v) is 3.23. The number of benzene rings is 1. The molecule has 0 bridgehead atoms. The van der Waals surface area contributed by atoms with E-state index in [1.807, 2.05) is 18.2 Å². The first-order valence-electron chi connectivity index (χ1n) is 6.89. The molecule has 2 nitrogen and oxygen atoms in total. The van der Waals surface area contributed by atoms with E-state index in [2.05, 4.69) is 12.2 Å². The van der Waals surface area contributed by atoms with Gasteiger partial charge >= 0.3 is 0 Å². The Labute approximate surface area is 125 Å². The Bertz CT molecular complexity index is 461. The summed E-state index contributed by atoms with van der Waals surface area (Å²) in [6, 6.07) is 5.61. The second kappa shape index (κ2) is 6.58. The Balaban J connectivity index is 2.02. The van der Waals surface area contributed by atoms with Crippen LogP contribution in [0.4, 0.5) is 5.69 Å². The lowest BCUT2D eigenvalue weighted by molar-refractivity contribution is 0.293. The summed E-state index contributed by atoms with van der Waals surface area (Å²) in [5.74, 6) is 1.58. The van der Waals surface area contributed by atoms with Crippen LogP contribution in [-0.4, -0.2) is 11.5 Å². The molecule has 1 aromatic carbocycles. The number of nitrogens with two attached hydrogens (primary N) is 1. The molecular formula is C15H21ClN2S. The number of halogens is 1. The molecule has 19 heavy (non-hydrogen) atoms. The second-order valence-electron chi connectivity index (χ2n) is 5.57. The molecule has 0 aliphatic heterocycles. The minimum atomic E-state index is 0.413. The first kappa shape index (κ1) is 14.6. The Morgan fingerprint density at radius 2 is 2.26 bits per heavy atom. The quantitative estimate of drug-likeness (QED) is 0.817. The van der Waals surface area contributed by atoms with Crippen molar-refractivity contribution in [2.24, 2.45) is 17.6 Å².